The predicted molar refractivity (Wildman–Crippen MR) is 89.2 cm³/mol. The van der Waals surface area contributed by atoms with Crippen LogP contribution in [0.2, 0.25) is 0 Å². The smallest absolute Gasteiger partial charge is 0.257 e. The molecule has 1 heterocycles. The Bertz CT molecular complexity index is 680. The number of ether oxygens (including phenoxy) is 1. The van der Waals surface area contributed by atoms with Crippen LogP contribution in [0.4, 0.5) is 5.69 Å². The van der Waals surface area contributed by atoms with Crippen molar-refractivity contribution >= 4 is 11.6 Å². The third-order valence-electron chi connectivity index (χ3n) is 4.14. The van der Waals surface area contributed by atoms with Crippen LogP contribution in [0, 0.1) is 0 Å². The van der Waals surface area contributed by atoms with Crippen LogP contribution in [0.15, 0.2) is 48.5 Å². The first-order valence-corrected chi connectivity index (χ1v) is 7.66. The van der Waals surface area contributed by atoms with Gasteiger partial charge < -0.3 is 19.6 Å². The van der Waals surface area contributed by atoms with Gasteiger partial charge in [-0.05, 0) is 24.3 Å². The summed E-state index contributed by atoms with van der Waals surface area (Å²) in [5.74, 6) is 0.0679. The molecule has 2 aromatic carbocycles. The first-order chi connectivity index (χ1) is 11.2. The van der Waals surface area contributed by atoms with E-state index in [1.807, 2.05) is 18.2 Å². The number of anilines is 1. The Morgan fingerprint density at radius 2 is 1.70 bits per heavy atom. The fraction of sp³-hybridized carbons (Fsp3) is 0.278. The molecule has 0 aliphatic carbocycles. The first kappa shape index (κ1) is 15.2. The van der Waals surface area contributed by atoms with Crippen molar-refractivity contribution in [1.82, 2.24) is 4.90 Å². The number of methoxy groups -OCH3 is 1. The molecule has 1 N–H and O–H groups in total. The number of benzene rings is 2. The quantitative estimate of drug-likeness (QED) is 0.945. The fourth-order valence-electron chi connectivity index (χ4n) is 2.84. The monoisotopic (exact) mass is 312 g/mol. The van der Waals surface area contributed by atoms with Crippen molar-refractivity contribution in [2.45, 2.75) is 0 Å². The van der Waals surface area contributed by atoms with E-state index in [1.165, 1.54) is 12.8 Å². The fourth-order valence-corrected chi connectivity index (χ4v) is 2.84. The van der Waals surface area contributed by atoms with E-state index in [2.05, 4.69) is 17.0 Å². The molecule has 120 valence electrons. The topological polar surface area (TPSA) is 53.0 Å². The van der Waals surface area contributed by atoms with E-state index in [4.69, 9.17) is 4.74 Å². The number of hydrogen-bond donors (Lipinski definition) is 1. The highest BCUT2D eigenvalue weighted by Crippen LogP contribution is 2.30. The van der Waals surface area contributed by atoms with Gasteiger partial charge in [-0.1, -0.05) is 24.3 Å². The Morgan fingerprint density at radius 3 is 2.35 bits per heavy atom. The molecule has 3 rings (SSSR count). The highest BCUT2D eigenvalue weighted by atomic mass is 16.5. The molecular weight excluding hydrogens is 292 g/mol. The molecule has 5 heteroatoms. The van der Waals surface area contributed by atoms with Gasteiger partial charge in [-0.25, -0.2) is 0 Å². The van der Waals surface area contributed by atoms with Gasteiger partial charge >= 0.3 is 0 Å². The molecular formula is C18H20N2O3. The lowest BCUT2D eigenvalue weighted by molar-refractivity contribution is 0.0743. The summed E-state index contributed by atoms with van der Waals surface area (Å²) in [4.78, 5) is 16.7. The Hall–Kier alpha value is -2.69. The Labute approximate surface area is 135 Å². The SMILES string of the molecule is COc1cccc(C(=O)N2CCN(c3ccccc3)CC2)c1O. The van der Waals surface area contributed by atoms with Gasteiger partial charge in [0.25, 0.3) is 5.91 Å². The van der Waals surface area contributed by atoms with Crippen LogP contribution in [-0.4, -0.2) is 49.2 Å². The molecule has 1 aliphatic rings. The van der Waals surface area contributed by atoms with Gasteiger partial charge in [0.1, 0.15) is 0 Å². The Kier molecular flexibility index (Phi) is 4.37. The molecule has 0 saturated carbocycles. The van der Waals surface area contributed by atoms with Crippen molar-refractivity contribution in [2.24, 2.45) is 0 Å². The third-order valence-corrected chi connectivity index (χ3v) is 4.14. The van der Waals surface area contributed by atoms with Gasteiger partial charge in [-0.15, -0.1) is 0 Å². The Balaban J connectivity index is 1.69. The summed E-state index contributed by atoms with van der Waals surface area (Å²) in [5.41, 5.74) is 1.46. The average molecular weight is 312 g/mol. The number of piperazine rings is 1. The van der Waals surface area contributed by atoms with Crippen LogP contribution in [0.25, 0.3) is 0 Å². The molecule has 23 heavy (non-hydrogen) atoms. The van der Waals surface area contributed by atoms with Crippen molar-refractivity contribution < 1.29 is 14.6 Å². The maximum absolute atomic E-state index is 12.6. The zero-order valence-electron chi connectivity index (χ0n) is 13.1. The van der Waals surface area contributed by atoms with Crippen molar-refractivity contribution in [3.8, 4) is 11.5 Å². The number of carbonyl (C=O) groups excluding carboxylic acids is 1. The molecule has 0 spiro atoms. The number of rotatable bonds is 3. The maximum Gasteiger partial charge on any atom is 0.257 e. The van der Waals surface area contributed by atoms with E-state index in [0.717, 1.165) is 13.1 Å². The zero-order chi connectivity index (χ0) is 16.2. The third kappa shape index (κ3) is 3.08. The molecule has 0 radical (unpaired) electrons. The molecule has 0 aromatic heterocycles. The van der Waals surface area contributed by atoms with E-state index in [-0.39, 0.29) is 17.2 Å². The summed E-state index contributed by atoms with van der Waals surface area (Å²) in [6.45, 7) is 2.82. The number of phenolic OH excluding ortho intramolecular Hbond substituents is 1. The molecule has 0 bridgehead atoms. The van der Waals surface area contributed by atoms with Gasteiger partial charge in [-0.3, -0.25) is 4.79 Å². The number of hydrogen-bond acceptors (Lipinski definition) is 4. The van der Waals surface area contributed by atoms with E-state index in [1.54, 1.807) is 23.1 Å². The van der Waals surface area contributed by atoms with Crippen LogP contribution in [0.5, 0.6) is 11.5 Å². The van der Waals surface area contributed by atoms with Crippen LogP contribution >= 0.6 is 0 Å². The zero-order valence-corrected chi connectivity index (χ0v) is 13.1. The number of amides is 1. The van der Waals surface area contributed by atoms with Gasteiger partial charge in [0.05, 0.1) is 12.7 Å². The summed E-state index contributed by atoms with van der Waals surface area (Å²) in [5, 5.41) is 10.1. The molecule has 1 fully saturated rings. The minimum absolute atomic E-state index is 0.0921. The molecule has 5 nitrogen and oxygen atoms in total. The van der Waals surface area contributed by atoms with Gasteiger partial charge in [-0.2, -0.15) is 0 Å². The molecule has 1 amide bonds. The summed E-state index contributed by atoms with van der Waals surface area (Å²) in [6, 6.07) is 15.2. The number of phenols is 1. The van der Waals surface area contributed by atoms with Crippen LogP contribution in [0.1, 0.15) is 10.4 Å². The van der Waals surface area contributed by atoms with Gasteiger partial charge in [0.2, 0.25) is 0 Å². The second-order valence-electron chi connectivity index (χ2n) is 5.47. The number of aromatic hydroxyl groups is 1. The van der Waals surface area contributed by atoms with Crippen molar-refractivity contribution in [2.75, 3.05) is 38.2 Å². The average Bonchev–Trinajstić information content (AvgIpc) is 2.62. The van der Waals surface area contributed by atoms with Crippen molar-refractivity contribution in [3.63, 3.8) is 0 Å². The predicted octanol–water partition coefficient (Wildman–Crippen LogP) is 2.36. The summed E-state index contributed by atoms with van der Waals surface area (Å²) >= 11 is 0. The molecule has 1 saturated heterocycles. The van der Waals surface area contributed by atoms with Crippen LogP contribution in [0.3, 0.4) is 0 Å². The van der Waals surface area contributed by atoms with E-state index in [0.29, 0.717) is 18.8 Å². The number of nitrogens with zero attached hydrogens (tertiary/aromatic N) is 2. The Morgan fingerprint density at radius 1 is 1.00 bits per heavy atom. The summed E-state index contributed by atoms with van der Waals surface area (Å²) in [6.07, 6.45) is 0. The van der Waals surface area contributed by atoms with E-state index in [9.17, 15) is 9.90 Å². The molecule has 2 aromatic rings. The second-order valence-corrected chi connectivity index (χ2v) is 5.47. The maximum atomic E-state index is 12.6. The summed E-state index contributed by atoms with van der Waals surface area (Å²) < 4.78 is 5.07. The normalized spacial score (nSPS) is 14.7. The number of carbonyl (C=O) groups is 1. The molecule has 1 aliphatic heterocycles. The van der Waals surface area contributed by atoms with Crippen molar-refractivity contribution in [3.05, 3.63) is 54.1 Å². The van der Waals surface area contributed by atoms with Crippen LogP contribution in [-0.2, 0) is 0 Å². The lowest BCUT2D eigenvalue weighted by atomic mass is 10.1. The van der Waals surface area contributed by atoms with E-state index >= 15 is 0 Å². The standard InChI is InChI=1S/C18H20N2O3/c1-23-16-9-5-8-15(17(16)21)18(22)20-12-10-19(11-13-20)14-6-3-2-4-7-14/h2-9,21H,10-13H2,1H3. The van der Waals surface area contributed by atoms with Crippen LogP contribution < -0.4 is 9.64 Å². The lowest BCUT2D eigenvalue weighted by Gasteiger charge is -2.36. The minimum Gasteiger partial charge on any atom is -0.504 e. The number of para-hydroxylation sites is 2. The lowest BCUT2D eigenvalue weighted by Crippen LogP contribution is -2.48. The van der Waals surface area contributed by atoms with E-state index < -0.39 is 0 Å². The van der Waals surface area contributed by atoms with Gasteiger partial charge in [0, 0.05) is 31.9 Å². The van der Waals surface area contributed by atoms with Crippen molar-refractivity contribution in [1.29, 1.82) is 0 Å². The second kappa shape index (κ2) is 6.60. The largest absolute Gasteiger partial charge is 0.504 e. The van der Waals surface area contributed by atoms with Gasteiger partial charge in [0.15, 0.2) is 11.5 Å². The summed E-state index contributed by atoms with van der Waals surface area (Å²) in [7, 11) is 1.47. The molecule has 0 atom stereocenters. The molecule has 0 unspecified atom stereocenters. The highest BCUT2D eigenvalue weighted by Gasteiger charge is 2.25. The minimum atomic E-state index is -0.158. The first-order valence-electron chi connectivity index (χ1n) is 7.66. The highest BCUT2D eigenvalue weighted by molar-refractivity contribution is 5.97.